The molecule has 1 unspecified atom stereocenters. The van der Waals surface area contributed by atoms with Gasteiger partial charge in [0.2, 0.25) is 11.7 Å². The van der Waals surface area contributed by atoms with Gasteiger partial charge in [-0.2, -0.15) is 22.7 Å². The smallest absolute Gasteiger partial charge is 0.416 e. The summed E-state index contributed by atoms with van der Waals surface area (Å²) >= 11 is 6.14. The topological polar surface area (TPSA) is 160 Å². The first-order valence-electron chi connectivity index (χ1n) is 16.1. The Kier molecular flexibility index (Phi) is 8.31. The fourth-order valence-corrected chi connectivity index (χ4v) is 7.54. The normalized spacial score (nSPS) is 16.8. The molecular formula is C34H31ClF3N9O4. The van der Waals surface area contributed by atoms with Crippen LogP contribution in [0.1, 0.15) is 70.7 Å². The second kappa shape index (κ2) is 12.4. The van der Waals surface area contributed by atoms with Crippen molar-refractivity contribution in [1.82, 2.24) is 39.0 Å². The van der Waals surface area contributed by atoms with Crippen molar-refractivity contribution in [3.63, 3.8) is 0 Å². The number of halogens is 4. The largest absolute Gasteiger partial charge is 0.504 e. The molecule has 17 heteroatoms. The third-order valence-electron chi connectivity index (χ3n) is 9.70. The van der Waals surface area contributed by atoms with Gasteiger partial charge in [0.05, 0.1) is 22.0 Å². The lowest BCUT2D eigenvalue weighted by molar-refractivity contribution is -0.137. The van der Waals surface area contributed by atoms with E-state index in [1.54, 1.807) is 28.8 Å². The van der Waals surface area contributed by atoms with Crippen molar-refractivity contribution in [3.05, 3.63) is 92.1 Å². The van der Waals surface area contributed by atoms with Gasteiger partial charge in [-0.15, -0.1) is 5.10 Å². The second-order valence-electron chi connectivity index (χ2n) is 13.1. The Labute approximate surface area is 293 Å². The fourth-order valence-electron chi connectivity index (χ4n) is 7.32. The average molecular weight is 722 g/mol. The maximum Gasteiger partial charge on any atom is 0.416 e. The number of nitrogens with one attached hydrogen (secondary N) is 1. The Balaban J connectivity index is 1.28. The van der Waals surface area contributed by atoms with Crippen LogP contribution >= 0.6 is 11.6 Å². The number of benzene rings is 1. The van der Waals surface area contributed by atoms with Gasteiger partial charge in [-0.3, -0.25) is 19.4 Å². The van der Waals surface area contributed by atoms with Gasteiger partial charge >= 0.3 is 6.18 Å². The molecule has 0 bridgehead atoms. The number of aromatic hydroxyl groups is 1. The predicted octanol–water partition coefficient (Wildman–Crippen LogP) is 5.06. The van der Waals surface area contributed by atoms with Crippen LogP contribution in [-0.4, -0.2) is 69.0 Å². The minimum atomic E-state index is -4.61. The van der Waals surface area contributed by atoms with Crippen LogP contribution in [0.5, 0.6) is 5.75 Å². The van der Waals surface area contributed by atoms with Gasteiger partial charge in [0.1, 0.15) is 12.9 Å². The molecule has 1 aromatic carbocycles. The molecule has 2 N–H and O–H groups in total. The molecule has 2 amide bonds. The van der Waals surface area contributed by atoms with Gasteiger partial charge in [0.15, 0.2) is 17.3 Å². The Hall–Kier alpha value is -5.38. The van der Waals surface area contributed by atoms with Crippen LogP contribution in [0, 0.1) is 13.8 Å². The van der Waals surface area contributed by atoms with Crippen LogP contribution < -0.4 is 10.9 Å². The second-order valence-corrected chi connectivity index (χ2v) is 13.5. The van der Waals surface area contributed by atoms with Gasteiger partial charge < -0.3 is 19.9 Å². The maximum absolute atomic E-state index is 14.4. The van der Waals surface area contributed by atoms with E-state index in [-0.39, 0.29) is 65.0 Å². The lowest BCUT2D eigenvalue weighted by Crippen LogP contribution is -2.46. The zero-order valence-corrected chi connectivity index (χ0v) is 28.4. The van der Waals surface area contributed by atoms with Crippen LogP contribution in [0.15, 0.2) is 47.8 Å². The number of piperidine rings is 1. The number of amides is 2. The lowest BCUT2D eigenvalue weighted by Gasteiger charge is -2.39. The lowest BCUT2D eigenvalue weighted by atomic mass is 9.73. The number of carbonyl (C=O) groups is 2. The molecule has 13 nitrogen and oxygen atoms in total. The standard InChI is InChI=1S/C34H31ClF3N9O4/c1-17-10-20(14-39-13-17)29-43-32-46(15-24(48)42-23-5-4-21(11-22(23)35)34(36,37)38)27-18(2)12-33(25(27)30(50)47(32)44-29)6-8-45(9-7-33)31(51)26-28(49)19(3)40-16-41-26/h4-5,10-11,13-14,16,18,49H,6-9,12,15H2,1-3H3,(H,42,48). The molecular weight excluding hydrogens is 691 g/mol. The third kappa shape index (κ3) is 5.96. The van der Waals surface area contributed by atoms with Gasteiger partial charge in [-0.25, -0.2) is 9.97 Å². The van der Waals surface area contributed by atoms with E-state index in [0.29, 0.717) is 36.1 Å². The van der Waals surface area contributed by atoms with Crippen LogP contribution in [0.2, 0.25) is 5.02 Å². The molecule has 51 heavy (non-hydrogen) atoms. The number of hydrogen-bond donors (Lipinski definition) is 2. The highest BCUT2D eigenvalue weighted by atomic mass is 35.5. The predicted molar refractivity (Wildman–Crippen MR) is 179 cm³/mol. The van der Waals surface area contributed by atoms with Crippen molar-refractivity contribution in [2.75, 3.05) is 18.4 Å². The Morgan fingerprint density at radius 2 is 1.86 bits per heavy atom. The van der Waals surface area contributed by atoms with E-state index in [1.807, 2.05) is 19.9 Å². The quantitative estimate of drug-likeness (QED) is 0.253. The average Bonchev–Trinajstić information content (AvgIpc) is 3.65. The molecule has 1 aliphatic carbocycles. The summed E-state index contributed by atoms with van der Waals surface area (Å²) in [5.41, 5.74) is 0.610. The Bertz CT molecular complexity index is 2300. The number of hydrogen-bond acceptors (Lipinski definition) is 9. The van der Waals surface area contributed by atoms with Crippen molar-refractivity contribution < 1.29 is 27.9 Å². The first-order valence-corrected chi connectivity index (χ1v) is 16.5. The van der Waals surface area contributed by atoms with E-state index in [9.17, 15) is 32.7 Å². The molecule has 0 radical (unpaired) electrons. The molecule has 1 atom stereocenters. The van der Waals surface area contributed by atoms with Crippen molar-refractivity contribution in [2.24, 2.45) is 0 Å². The first kappa shape index (κ1) is 34.1. The maximum atomic E-state index is 14.4. The molecule has 1 spiro atoms. The van der Waals surface area contributed by atoms with Crippen LogP contribution in [-0.2, 0) is 22.9 Å². The summed E-state index contributed by atoms with van der Waals surface area (Å²) < 4.78 is 42.5. The summed E-state index contributed by atoms with van der Waals surface area (Å²) in [6, 6.07) is 4.47. The van der Waals surface area contributed by atoms with Crippen molar-refractivity contribution >= 4 is 34.9 Å². The van der Waals surface area contributed by atoms with E-state index in [0.717, 1.165) is 23.8 Å². The molecule has 5 aromatic rings. The molecule has 5 heterocycles. The summed E-state index contributed by atoms with van der Waals surface area (Å²) in [7, 11) is 0. The number of alkyl halides is 3. The first-order chi connectivity index (χ1) is 24.2. The van der Waals surface area contributed by atoms with Gasteiger partial charge in [0.25, 0.3) is 11.5 Å². The molecule has 2 aliphatic rings. The van der Waals surface area contributed by atoms with Crippen LogP contribution in [0.4, 0.5) is 18.9 Å². The molecule has 1 saturated heterocycles. The molecule has 1 aliphatic heterocycles. The summed E-state index contributed by atoms with van der Waals surface area (Å²) in [5.74, 6) is -1.24. The number of carbonyl (C=O) groups excluding carboxylic acids is 2. The number of fused-ring (bicyclic) bond motifs is 3. The van der Waals surface area contributed by atoms with Crippen LogP contribution in [0.3, 0.4) is 0 Å². The zero-order chi connectivity index (χ0) is 36.4. The number of anilines is 1. The third-order valence-corrected chi connectivity index (χ3v) is 10.0. The Morgan fingerprint density at radius 3 is 2.55 bits per heavy atom. The summed E-state index contributed by atoms with van der Waals surface area (Å²) in [6.07, 6.45) is 1.22. The molecule has 264 valence electrons. The van der Waals surface area contributed by atoms with E-state index >= 15 is 0 Å². The number of rotatable bonds is 5. The van der Waals surface area contributed by atoms with Crippen molar-refractivity contribution in [1.29, 1.82) is 0 Å². The van der Waals surface area contributed by atoms with Gasteiger partial charge in [0, 0.05) is 47.7 Å². The van der Waals surface area contributed by atoms with Crippen molar-refractivity contribution in [3.8, 4) is 17.1 Å². The summed E-state index contributed by atoms with van der Waals surface area (Å²) in [4.78, 5) is 59.9. The van der Waals surface area contributed by atoms with Gasteiger partial charge in [-0.1, -0.05) is 18.5 Å². The summed E-state index contributed by atoms with van der Waals surface area (Å²) in [5, 5.41) is 17.3. The summed E-state index contributed by atoms with van der Waals surface area (Å²) in [6.45, 7) is 5.57. The molecule has 0 saturated carbocycles. The van der Waals surface area contributed by atoms with Crippen LogP contribution in [0.25, 0.3) is 17.2 Å². The Morgan fingerprint density at radius 1 is 1.12 bits per heavy atom. The minimum absolute atomic E-state index is 0.0113. The van der Waals surface area contributed by atoms with E-state index in [1.165, 1.54) is 10.8 Å². The number of aryl methyl sites for hydroxylation is 2. The van der Waals surface area contributed by atoms with Gasteiger partial charge in [-0.05, 0) is 68.9 Å². The van der Waals surface area contributed by atoms with Crippen molar-refractivity contribution in [2.45, 2.75) is 64.1 Å². The zero-order valence-electron chi connectivity index (χ0n) is 27.6. The molecule has 7 rings (SSSR count). The number of pyridine rings is 1. The van der Waals surface area contributed by atoms with E-state index in [2.05, 4.69) is 30.4 Å². The molecule has 1 fully saturated rings. The monoisotopic (exact) mass is 721 g/mol. The number of likely N-dealkylation sites (tertiary alicyclic amines) is 1. The minimum Gasteiger partial charge on any atom is -0.504 e. The highest BCUT2D eigenvalue weighted by Crippen LogP contribution is 2.50. The highest BCUT2D eigenvalue weighted by Gasteiger charge is 2.49. The number of aromatic nitrogens is 7. The number of nitrogens with zero attached hydrogens (tertiary/aromatic N) is 8. The molecule has 4 aromatic heterocycles. The fraction of sp³-hybridized carbons (Fsp3) is 0.353. The van der Waals surface area contributed by atoms with E-state index < -0.39 is 34.5 Å². The SMILES string of the molecule is Cc1cncc(-c2nc3n(CC(=O)Nc4ccc(C(F)(F)F)cc4Cl)c4c(c(=O)n3n2)C2(CCN(C(=O)c3ncnc(C)c3O)CC2)CC4C)c1. The highest BCUT2D eigenvalue weighted by molar-refractivity contribution is 6.33. The van der Waals surface area contributed by atoms with E-state index in [4.69, 9.17) is 11.6 Å².